The monoisotopic (exact) mass is 288 g/mol. The van der Waals surface area contributed by atoms with E-state index >= 15 is 0 Å². The van der Waals surface area contributed by atoms with Crippen LogP contribution in [0.15, 0.2) is 25.0 Å². The molecule has 0 aromatic carbocycles. The quantitative estimate of drug-likeness (QED) is 0.851. The summed E-state index contributed by atoms with van der Waals surface area (Å²) in [4.78, 5) is 18.4. The van der Waals surface area contributed by atoms with Crippen LogP contribution in [-0.4, -0.2) is 48.4 Å². The van der Waals surface area contributed by atoms with E-state index in [-0.39, 0.29) is 18.0 Å². The summed E-state index contributed by atoms with van der Waals surface area (Å²) in [6.07, 6.45) is 9.00. The average molecular weight is 288 g/mol. The Balaban J connectivity index is 1.69. The van der Waals surface area contributed by atoms with E-state index < -0.39 is 0 Å². The Bertz CT molecular complexity index is 605. The molecule has 3 rings (SSSR count). The van der Waals surface area contributed by atoms with Crippen LogP contribution in [0.5, 0.6) is 0 Å². The first kappa shape index (κ1) is 13.8. The minimum absolute atomic E-state index is 0.0917. The van der Waals surface area contributed by atoms with Gasteiger partial charge in [-0.2, -0.15) is 10.2 Å². The number of amides is 1. The molecular formula is C14H20N6O. The summed E-state index contributed by atoms with van der Waals surface area (Å²) in [5.41, 5.74) is 1.15. The molecule has 1 aliphatic heterocycles. The topological polar surface area (TPSA) is 68.8 Å². The minimum Gasteiger partial charge on any atom is -0.339 e. The van der Waals surface area contributed by atoms with Crippen LogP contribution in [0, 0.1) is 6.92 Å². The second kappa shape index (κ2) is 5.67. The Morgan fingerprint density at radius 1 is 1.43 bits per heavy atom. The van der Waals surface area contributed by atoms with E-state index in [4.69, 9.17) is 0 Å². The van der Waals surface area contributed by atoms with Crippen LogP contribution in [0.25, 0.3) is 0 Å². The highest BCUT2D eigenvalue weighted by Crippen LogP contribution is 2.23. The fourth-order valence-electron chi connectivity index (χ4n) is 2.80. The summed E-state index contributed by atoms with van der Waals surface area (Å²) in [7, 11) is 0. The Hall–Kier alpha value is -2.18. The molecule has 0 spiro atoms. The molecule has 0 radical (unpaired) electrons. The van der Waals surface area contributed by atoms with Gasteiger partial charge in [-0.15, -0.1) is 0 Å². The first-order valence-electron chi connectivity index (χ1n) is 7.29. The van der Waals surface area contributed by atoms with Crippen LogP contribution in [0.2, 0.25) is 0 Å². The zero-order valence-corrected chi connectivity index (χ0v) is 12.4. The summed E-state index contributed by atoms with van der Waals surface area (Å²) >= 11 is 0. The van der Waals surface area contributed by atoms with Crippen LogP contribution in [0.3, 0.4) is 0 Å². The first-order valence-corrected chi connectivity index (χ1v) is 7.29. The fraction of sp³-hybridized carbons (Fsp3) is 0.571. The van der Waals surface area contributed by atoms with Crippen LogP contribution in [0.1, 0.15) is 37.4 Å². The molecule has 0 aliphatic carbocycles. The number of aryl methyl sites for hydroxylation is 1. The van der Waals surface area contributed by atoms with Crippen molar-refractivity contribution in [2.24, 2.45) is 0 Å². The lowest BCUT2D eigenvalue weighted by molar-refractivity contribution is -0.136. The number of carbonyl (C=O) groups is 1. The number of aromatic nitrogens is 5. The van der Waals surface area contributed by atoms with Crippen molar-refractivity contribution in [2.75, 3.05) is 13.1 Å². The van der Waals surface area contributed by atoms with Crippen LogP contribution >= 0.6 is 0 Å². The number of rotatable bonds is 3. The lowest BCUT2D eigenvalue weighted by Crippen LogP contribution is -2.43. The van der Waals surface area contributed by atoms with E-state index in [9.17, 15) is 4.79 Å². The maximum Gasteiger partial charge on any atom is 0.247 e. The fourth-order valence-corrected chi connectivity index (χ4v) is 2.80. The molecule has 2 atom stereocenters. The number of piperidine rings is 1. The lowest BCUT2D eigenvalue weighted by Gasteiger charge is -2.34. The maximum atomic E-state index is 12.6. The van der Waals surface area contributed by atoms with E-state index in [1.807, 2.05) is 35.8 Å². The molecule has 7 heteroatoms. The molecule has 0 N–H and O–H groups in total. The van der Waals surface area contributed by atoms with Crippen molar-refractivity contribution >= 4 is 5.91 Å². The van der Waals surface area contributed by atoms with Crippen molar-refractivity contribution in [1.82, 2.24) is 29.4 Å². The smallest absolute Gasteiger partial charge is 0.247 e. The summed E-state index contributed by atoms with van der Waals surface area (Å²) in [5, 5.41) is 8.43. The van der Waals surface area contributed by atoms with Gasteiger partial charge >= 0.3 is 0 Å². The van der Waals surface area contributed by atoms with Crippen molar-refractivity contribution in [2.45, 2.75) is 38.8 Å². The normalized spacial score (nSPS) is 20.5. The Kier molecular flexibility index (Phi) is 3.72. The SMILES string of the molecule is Cc1cnn([C@H]2CCCN(C(=O)[C@H](C)n3cncn3)C2)c1. The summed E-state index contributed by atoms with van der Waals surface area (Å²) in [5.74, 6) is 0.0917. The van der Waals surface area contributed by atoms with Crippen LogP contribution in [0.4, 0.5) is 0 Å². The molecule has 0 unspecified atom stereocenters. The van der Waals surface area contributed by atoms with Gasteiger partial charge in [0.1, 0.15) is 18.7 Å². The van der Waals surface area contributed by atoms with E-state index in [0.29, 0.717) is 6.54 Å². The number of hydrogen-bond acceptors (Lipinski definition) is 4. The molecule has 1 aliphatic rings. The second-order valence-electron chi connectivity index (χ2n) is 5.63. The number of hydrogen-bond donors (Lipinski definition) is 0. The molecule has 7 nitrogen and oxygen atoms in total. The number of carbonyl (C=O) groups excluding carboxylic acids is 1. The second-order valence-corrected chi connectivity index (χ2v) is 5.63. The van der Waals surface area contributed by atoms with Gasteiger partial charge in [0.2, 0.25) is 5.91 Å². The van der Waals surface area contributed by atoms with Crippen molar-refractivity contribution in [3.05, 3.63) is 30.6 Å². The van der Waals surface area contributed by atoms with Crippen molar-refractivity contribution in [3.8, 4) is 0 Å². The van der Waals surface area contributed by atoms with Gasteiger partial charge < -0.3 is 4.90 Å². The Morgan fingerprint density at radius 3 is 2.95 bits per heavy atom. The van der Waals surface area contributed by atoms with Gasteiger partial charge in [0.05, 0.1) is 12.2 Å². The van der Waals surface area contributed by atoms with Crippen LogP contribution < -0.4 is 0 Å². The minimum atomic E-state index is -0.314. The molecule has 0 bridgehead atoms. The molecule has 1 saturated heterocycles. The molecule has 112 valence electrons. The van der Waals surface area contributed by atoms with Gasteiger partial charge in [-0.3, -0.25) is 9.48 Å². The third-order valence-corrected chi connectivity index (χ3v) is 4.00. The van der Waals surface area contributed by atoms with Gasteiger partial charge in [-0.1, -0.05) is 0 Å². The predicted molar refractivity (Wildman–Crippen MR) is 76.5 cm³/mol. The van der Waals surface area contributed by atoms with E-state index in [0.717, 1.165) is 24.9 Å². The molecule has 3 heterocycles. The molecule has 21 heavy (non-hydrogen) atoms. The standard InChI is InChI=1S/C14H20N6O/c1-11-6-16-19(7-11)13-4-3-5-18(8-13)14(21)12(2)20-10-15-9-17-20/h6-7,9-10,12-13H,3-5,8H2,1-2H3/t12-,13-/m0/s1. The van der Waals surface area contributed by atoms with Gasteiger partial charge in [-0.05, 0) is 32.3 Å². The van der Waals surface area contributed by atoms with E-state index in [1.54, 1.807) is 11.0 Å². The summed E-state index contributed by atoms with van der Waals surface area (Å²) in [6, 6.07) is -0.0510. The van der Waals surface area contributed by atoms with Gasteiger partial charge in [0.25, 0.3) is 0 Å². The lowest BCUT2D eigenvalue weighted by atomic mass is 10.1. The highest BCUT2D eigenvalue weighted by Gasteiger charge is 2.28. The molecule has 0 saturated carbocycles. The average Bonchev–Trinajstić information content (AvgIpc) is 3.17. The van der Waals surface area contributed by atoms with Crippen molar-refractivity contribution < 1.29 is 4.79 Å². The maximum absolute atomic E-state index is 12.6. The molecular weight excluding hydrogens is 268 g/mol. The number of likely N-dealkylation sites (tertiary alicyclic amines) is 1. The summed E-state index contributed by atoms with van der Waals surface area (Å²) in [6.45, 7) is 5.40. The van der Waals surface area contributed by atoms with Crippen molar-refractivity contribution in [3.63, 3.8) is 0 Å². The molecule has 2 aromatic heterocycles. The first-order chi connectivity index (χ1) is 10.1. The van der Waals surface area contributed by atoms with Crippen LogP contribution in [-0.2, 0) is 4.79 Å². The molecule has 1 fully saturated rings. The van der Waals surface area contributed by atoms with E-state index in [1.165, 1.54) is 6.33 Å². The van der Waals surface area contributed by atoms with Crippen molar-refractivity contribution in [1.29, 1.82) is 0 Å². The van der Waals surface area contributed by atoms with Gasteiger partial charge in [-0.25, -0.2) is 9.67 Å². The zero-order valence-electron chi connectivity index (χ0n) is 12.4. The predicted octanol–water partition coefficient (Wildman–Crippen LogP) is 1.21. The highest BCUT2D eigenvalue weighted by molar-refractivity contribution is 5.80. The zero-order chi connectivity index (χ0) is 14.8. The third-order valence-electron chi connectivity index (χ3n) is 4.00. The highest BCUT2D eigenvalue weighted by atomic mass is 16.2. The summed E-state index contributed by atoms with van der Waals surface area (Å²) < 4.78 is 3.58. The Labute approximate surface area is 123 Å². The van der Waals surface area contributed by atoms with Gasteiger partial charge in [0, 0.05) is 19.3 Å². The largest absolute Gasteiger partial charge is 0.339 e. The molecule has 1 amide bonds. The number of nitrogens with zero attached hydrogens (tertiary/aromatic N) is 6. The Morgan fingerprint density at radius 2 is 2.29 bits per heavy atom. The van der Waals surface area contributed by atoms with E-state index in [2.05, 4.69) is 15.2 Å². The third kappa shape index (κ3) is 2.81. The molecule has 2 aromatic rings. The van der Waals surface area contributed by atoms with Gasteiger partial charge in [0.15, 0.2) is 0 Å².